The van der Waals surface area contributed by atoms with Crippen molar-refractivity contribution in [3.63, 3.8) is 0 Å². The summed E-state index contributed by atoms with van der Waals surface area (Å²) in [6.45, 7) is 2.49. The molecule has 0 saturated heterocycles. The molecule has 0 radical (unpaired) electrons. The highest BCUT2D eigenvalue weighted by Crippen LogP contribution is 2.41. The van der Waals surface area contributed by atoms with E-state index < -0.39 is 5.63 Å². The molecule has 0 aliphatic rings. The summed E-state index contributed by atoms with van der Waals surface area (Å²) >= 11 is 0. The van der Waals surface area contributed by atoms with Gasteiger partial charge in [0.1, 0.15) is 16.7 Å². The highest BCUT2D eigenvalue weighted by molar-refractivity contribution is 6.10. The molecule has 0 amide bonds. The smallest absolute Gasteiger partial charge is 0.348 e. The van der Waals surface area contributed by atoms with E-state index in [9.17, 15) is 4.79 Å². The molecule has 30 heavy (non-hydrogen) atoms. The van der Waals surface area contributed by atoms with Gasteiger partial charge in [-0.05, 0) is 48.9 Å². The van der Waals surface area contributed by atoms with Crippen molar-refractivity contribution in [2.75, 3.05) is 11.9 Å². The van der Waals surface area contributed by atoms with Gasteiger partial charge in [0, 0.05) is 5.69 Å². The van der Waals surface area contributed by atoms with Crippen molar-refractivity contribution < 1.29 is 13.6 Å². The number of benzene rings is 3. The minimum absolute atomic E-state index is 0.403. The molecule has 0 fully saturated rings. The second-order valence-corrected chi connectivity index (χ2v) is 6.85. The maximum Gasteiger partial charge on any atom is 0.348 e. The molecule has 5 heteroatoms. The van der Waals surface area contributed by atoms with Crippen LogP contribution in [-0.4, -0.2) is 6.61 Å². The normalized spacial score (nSPS) is 11.1. The Morgan fingerprint density at radius 2 is 1.70 bits per heavy atom. The molecular weight excluding hydrogens is 378 g/mol. The van der Waals surface area contributed by atoms with Gasteiger partial charge in [-0.1, -0.05) is 42.5 Å². The zero-order chi connectivity index (χ0) is 20.5. The van der Waals surface area contributed by atoms with Crippen LogP contribution in [0.3, 0.4) is 0 Å². The van der Waals surface area contributed by atoms with E-state index in [2.05, 4.69) is 5.32 Å². The lowest BCUT2D eigenvalue weighted by molar-refractivity contribution is 0.340. The average molecular weight is 397 g/mol. The number of anilines is 2. The number of hydrogen-bond acceptors (Lipinski definition) is 5. The highest BCUT2D eigenvalue weighted by Gasteiger charge is 2.23. The molecule has 5 rings (SSSR count). The van der Waals surface area contributed by atoms with Gasteiger partial charge < -0.3 is 18.9 Å². The van der Waals surface area contributed by atoms with Crippen molar-refractivity contribution in [2.45, 2.75) is 6.92 Å². The molecule has 0 saturated carbocycles. The van der Waals surface area contributed by atoms with Crippen LogP contribution in [0.25, 0.3) is 33.1 Å². The predicted octanol–water partition coefficient (Wildman–Crippen LogP) is 6.35. The summed E-state index contributed by atoms with van der Waals surface area (Å²) in [4.78, 5) is 13.0. The first-order valence-corrected chi connectivity index (χ1v) is 9.78. The maximum absolute atomic E-state index is 13.0. The first-order chi connectivity index (χ1) is 14.7. The minimum atomic E-state index is -0.439. The van der Waals surface area contributed by atoms with Crippen molar-refractivity contribution in [3.05, 3.63) is 89.3 Å². The van der Waals surface area contributed by atoms with E-state index in [1.54, 1.807) is 6.07 Å². The SMILES string of the molecule is CCOc1cccc(-c2c(Nc3ccccc3)oc3c2c(=O)oc2ccccc23)c1. The molecule has 0 aliphatic heterocycles. The number of hydrogen-bond donors (Lipinski definition) is 1. The largest absolute Gasteiger partial charge is 0.494 e. The zero-order valence-corrected chi connectivity index (χ0v) is 16.3. The molecular formula is C25H19NO4. The van der Waals surface area contributed by atoms with Gasteiger partial charge in [-0.15, -0.1) is 0 Å². The van der Waals surface area contributed by atoms with Gasteiger partial charge in [0.15, 0.2) is 5.58 Å². The fourth-order valence-corrected chi connectivity index (χ4v) is 3.63. The molecule has 2 aromatic heterocycles. The zero-order valence-electron chi connectivity index (χ0n) is 16.3. The van der Waals surface area contributed by atoms with Crippen LogP contribution in [-0.2, 0) is 0 Å². The van der Waals surface area contributed by atoms with Crippen LogP contribution >= 0.6 is 0 Å². The lowest BCUT2D eigenvalue weighted by atomic mass is 10.0. The van der Waals surface area contributed by atoms with Crippen LogP contribution in [0.1, 0.15) is 6.92 Å². The van der Waals surface area contributed by atoms with Gasteiger partial charge in [-0.25, -0.2) is 4.79 Å². The lowest BCUT2D eigenvalue weighted by Crippen LogP contribution is -2.00. The molecule has 0 aliphatic carbocycles. The van der Waals surface area contributed by atoms with E-state index in [0.29, 0.717) is 34.6 Å². The topological polar surface area (TPSA) is 64.6 Å². The Morgan fingerprint density at radius 1 is 0.900 bits per heavy atom. The van der Waals surface area contributed by atoms with E-state index in [0.717, 1.165) is 22.4 Å². The summed E-state index contributed by atoms with van der Waals surface area (Å²) < 4.78 is 17.5. The number of ether oxygens (including phenoxy) is 1. The number of nitrogens with one attached hydrogen (secondary N) is 1. The predicted molar refractivity (Wildman–Crippen MR) is 119 cm³/mol. The van der Waals surface area contributed by atoms with E-state index in [-0.39, 0.29) is 0 Å². The van der Waals surface area contributed by atoms with Crippen LogP contribution in [0.4, 0.5) is 11.6 Å². The number of fused-ring (bicyclic) bond motifs is 3. The second kappa shape index (κ2) is 7.44. The van der Waals surface area contributed by atoms with E-state index in [1.165, 1.54) is 0 Å². The Morgan fingerprint density at radius 3 is 2.53 bits per heavy atom. The third-order valence-corrected chi connectivity index (χ3v) is 4.91. The van der Waals surface area contributed by atoms with Crippen LogP contribution in [0.5, 0.6) is 5.75 Å². The van der Waals surface area contributed by atoms with Crippen LogP contribution < -0.4 is 15.7 Å². The number of furan rings is 1. The number of rotatable bonds is 5. The summed E-state index contributed by atoms with van der Waals surface area (Å²) in [6, 6.07) is 24.7. The third-order valence-electron chi connectivity index (χ3n) is 4.91. The van der Waals surface area contributed by atoms with Gasteiger partial charge >= 0.3 is 5.63 Å². The van der Waals surface area contributed by atoms with Crippen LogP contribution in [0.2, 0.25) is 0 Å². The van der Waals surface area contributed by atoms with E-state index in [4.69, 9.17) is 13.6 Å². The minimum Gasteiger partial charge on any atom is -0.494 e. The average Bonchev–Trinajstić information content (AvgIpc) is 3.15. The number of para-hydroxylation sites is 2. The highest BCUT2D eigenvalue weighted by atomic mass is 16.5. The van der Waals surface area contributed by atoms with Gasteiger partial charge in [0.2, 0.25) is 5.88 Å². The summed E-state index contributed by atoms with van der Waals surface area (Å²) in [5.41, 5.74) is 2.86. The van der Waals surface area contributed by atoms with Crippen molar-refractivity contribution in [1.82, 2.24) is 0 Å². The first kappa shape index (κ1) is 18.1. The quantitative estimate of drug-likeness (QED) is 0.350. The molecule has 0 spiro atoms. The molecule has 0 unspecified atom stereocenters. The summed E-state index contributed by atoms with van der Waals surface area (Å²) in [6.07, 6.45) is 0. The fraction of sp³-hybridized carbons (Fsp3) is 0.0800. The molecule has 0 bridgehead atoms. The van der Waals surface area contributed by atoms with Crippen molar-refractivity contribution >= 4 is 33.5 Å². The molecule has 148 valence electrons. The van der Waals surface area contributed by atoms with Gasteiger partial charge in [0.25, 0.3) is 0 Å². The summed E-state index contributed by atoms with van der Waals surface area (Å²) in [5, 5.41) is 4.47. The first-order valence-electron chi connectivity index (χ1n) is 9.78. The molecule has 0 atom stereocenters. The molecule has 2 heterocycles. The van der Waals surface area contributed by atoms with Crippen LogP contribution in [0.15, 0.2) is 92.5 Å². The van der Waals surface area contributed by atoms with E-state index in [1.807, 2.05) is 79.7 Å². The van der Waals surface area contributed by atoms with Crippen molar-refractivity contribution in [2.24, 2.45) is 0 Å². The molecule has 5 aromatic rings. The van der Waals surface area contributed by atoms with Crippen LogP contribution in [0, 0.1) is 0 Å². The standard InChI is InChI=1S/C25H19NO4/c1-2-28-18-12-8-9-16(15-18)21-22-23(19-13-6-7-14-20(19)29-25(22)27)30-24(21)26-17-10-4-3-5-11-17/h3-15,26H,2H2,1H3. The maximum atomic E-state index is 13.0. The van der Waals surface area contributed by atoms with Crippen molar-refractivity contribution in [3.8, 4) is 16.9 Å². The Balaban J connectivity index is 1.82. The van der Waals surface area contributed by atoms with Gasteiger partial charge in [-0.3, -0.25) is 0 Å². The fourth-order valence-electron chi connectivity index (χ4n) is 3.63. The second-order valence-electron chi connectivity index (χ2n) is 6.85. The van der Waals surface area contributed by atoms with Gasteiger partial charge in [0.05, 0.1) is 17.6 Å². The Labute approximate surface area is 172 Å². The third kappa shape index (κ3) is 3.10. The molecule has 5 nitrogen and oxygen atoms in total. The lowest BCUT2D eigenvalue weighted by Gasteiger charge is -2.08. The summed E-state index contributed by atoms with van der Waals surface area (Å²) in [5.74, 6) is 1.20. The van der Waals surface area contributed by atoms with Crippen molar-refractivity contribution in [1.29, 1.82) is 0 Å². The summed E-state index contributed by atoms with van der Waals surface area (Å²) in [7, 11) is 0. The molecule has 1 N–H and O–H groups in total. The van der Waals surface area contributed by atoms with E-state index >= 15 is 0 Å². The monoisotopic (exact) mass is 397 g/mol. The Hall–Kier alpha value is -3.99. The molecule has 3 aromatic carbocycles. The van der Waals surface area contributed by atoms with Gasteiger partial charge in [-0.2, -0.15) is 0 Å². The Bertz CT molecular complexity index is 1400. The Kier molecular flexibility index (Phi) is 4.48.